The Morgan fingerprint density at radius 2 is 1.75 bits per heavy atom. The molecule has 0 radical (unpaired) electrons. The van der Waals surface area contributed by atoms with Crippen molar-refractivity contribution < 1.29 is 14.3 Å². The van der Waals surface area contributed by atoms with Gasteiger partial charge in [0.05, 0.1) is 6.61 Å². The first-order valence-corrected chi connectivity index (χ1v) is 6.77. The van der Waals surface area contributed by atoms with Crippen molar-refractivity contribution in [3.8, 4) is 17.2 Å². The van der Waals surface area contributed by atoms with E-state index < -0.39 is 0 Å². The van der Waals surface area contributed by atoms with E-state index in [9.17, 15) is 4.79 Å². The van der Waals surface area contributed by atoms with Crippen molar-refractivity contribution in [2.75, 3.05) is 6.61 Å². The van der Waals surface area contributed by atoms with Gasteiger partial charge < -0.3 is 9.47 Å². The molecule has 0 unspecified atom stereocenters. The molecule has 3 nitrogen and oxygen atoms in total. The van der Waals surface area contributed by atoms with Gasteiger partial charge in [-0.3, -0.25) is 4.79 Å². The zero-order chi connectivity index (χ0) is 14.4. The van der Waals surface area contributed by atoms with Crippen molar-refractivity contribution in [1.29, 1.82) is 0 Å². The summed E-state index contributed by atoms with van der Waals surface area (Å²) in [4.78, 5) is 11.7. The fourth-order valence-corrected chi connectivity index (χ4v) is 1.87. The summed E-state index contributed by atoms with van der Waals surface area (Å²) < 4.78 is 11.3. The van der Waals surface area contributed by atoms with E-state index >= 15 is 0 Å². The number of hydrogen-bond donors (Lipinski definition) is 0. The fraction of sp³-hybridized carbons (Fsp3) is 0.235. The van der Waals surface area contributed by atoms with Crippen LogP contribution in [0.15, 0.2) is 48.5 Å². The van der Waals surface area contributed by atoms with Crippen LogP contribution in [0.3, 0.4) is 0 Å². The Hall–Kier alpha value is -2.29. The van der Waals surface area contributed by atoms with Crippen LogP contribution in [0.1, 0.15) is 30.6 Å². The van der Waals surface area contributed by atoms with Gasteiger partial charge in [-0.05, 0) is 31.2 Å². The smallest absolute Gasteiger partial charge is 0.169 e. The van der Waals surface area contributed by atoms with Crippen molar-refractivity contribution in [1.82, 2.24) is 0 Å². The maximum Gasteiger partial charge on any atom is 0.169 e. The number of ether oxygens (including phenoxy) is 2. The molecule has 20 heavy (non-hydrogen) atoms. The Labute approximate surface area is 119 Å². The van der Waals surface area contributed by atoms with Gasteiger partial charge in [0, 0.05) is 12.0 Å². The second-order valence-corrected chi connectivity index (χ2v) is 4.29. The third-order valence-corrected chi connectivity index (χ3v) is 2.85. The molecule has 0 aromatic heterocycles. The average molecular weight is 270 g/mol. The molecular weight excluding hydrogens is 252 g/mol. The molecule has 0 atom stereocenters. The van der Waals surface area contributed by atoms with Crippen molar-refractivity contribution in [2.45, 2.75) is 20.3 Å². The minimum Gasteiger partial charge on any atom is -0.490 e. The summed E-state index contributed by atoms with van der Waals surface area (Å²) in [5.74, 6) is 2.09. The Bertz CT molecular complexity index is 590. The predicted molar refractivity (Wildman–Crippen MR) is 78.7 cm³/mol. The Kier molecular flexibility index (Phi) is 4.77. The summed E-state index contributed by atoms with van der Waals surface area (Å²) in [6, 6.07) is 14.7. The molecule has 0 saturated carbocycles. The first kappa shape index (κ1) is 14.1. The minimum atomic E-state index is 0.105. The molecule has 0 aliphatic rings. The lowest BCUT2D eigenvalue weighted by Gasteiger charge is -2.11. The van der Waals surface area contributed by atoms with E-state index in [4.69, 9.17) is 9.47 Å². The average Bonchev–Trinajstić information content (AvgIpc) is 2.49. The Morgan fingerprint density at radius 1 is 1.00 bits per heavy atom. The SMILES string of the molecule is CCOc1ccccc1Oc1cccc(C(=O)CC)c1. The highest BCUT2D eigenvalue weighted by Gasteiger charge is 2.08. The first-order valence-electron chi connectivity index (χ1n) is 6.77. The molecule has 2 rings (SSSR count). The lowest BCUT2D eigenvalue weighted by atomic mass is 10.1. The van der Waals surface area contributed by atoms with Crippen LogP contribution in [0.2, 0.25) is 0 Å². The number of carbonyl (C=O) groups excluding carboxylic acids is 1. The number of rotatable bonds is 6. The third kappa shape index (κ3) is 3.38. The van der Waals surface area contributed by atoms with Crippen LogP contribution in [0.4, 0.5) is 0 Å². The summed E-state index contributed by atoms with van der Waals surface area (Å²) in [5.41, 5.74) is 0.666. The van der Waals surface area contributed by atoms with E-state index in [0.717, 1.165) is 0 Å². The van der Waals surface area contributed by atoms with E-state index in [1.165, 1.54) is 0 Å². The summed E-state index contributed by atoms with van der Waals surface area (Å²) >= 11 is 0. The normalized spacial score (nSPS) is 10.1. The zero-order valence-electron chi connectivity index (χ0n) is 11.8. The van der Waals surface area contributed by atoms with Gasteiger partial charge >= 0.3 is 0 Å². The standard InChI is InChI=1S/C17H18O3/c1-3-15(18)13-8-7-9-14(12-13)20-17-11-6-5-10-16(17)19-4-2/h5-12H,3-4H2,1-2H3. The van der Waals surface area contributed by atoms with Gasteiger partial charge in [-0.25, -0.2) is 0 Å². The molecule has 104 valence electrons. The second kappa shape index (κ2) is 6.75. The molecule has 0 N–H and O–H groups in total. The fourth-order valence-electron chi connectivity index (χ4n) is 1.87. The Balaban J connectivity index is 2.24. The first-order chi connectivity index (χ1) is 9.74. The lowest BCUT2D eigenvalue weighted by Crippen LogP contribution is -1.97. The zero-order valence-corrected chi connectivity index (χ0v) is 11.8. The van der Waals surface area contributed by atoms with Gasteiger partial charge in [0.2, 0.25) is 0 Å². The van der Waals surface area contributed by atoms with Crippen LogP contribution in [-0.4, -0.2) is 12.4 Å². The van der Waals surface area contributed by atoms with Crippen LogP contribution in [0, 0.1) is 0 Å². The topological polar surface area (TPSA) is 35.5 Å². The molecule has 0 bridgehead atoms. The molecule has 0 aliphatic carbocycles. The van der Waals surface area contributed by atoms with Crippen molar-refractivity contribution in [3.63, 3.8) is 0 Å². The van der Waals surface area contributed by atoms with Crippen LogP contribution in [0.5, 0.6) is 17.2 Å². The van der Waals surface area contributed by atoms with E-state index in [-0.39, 0.29) is 5.78 Å². The monoisotopic (exact) mass is 270 g/mol. The number of benzene rings is 2. The Morgan fingerprint density at radius 3 is 2.45 bits per heavy atom. The summed E-state index contributed by atoms with van der Waals surface area (Å²) in [5, 5.41) is 0. The molecule has 3 heteroatoms. The maximum absolute atomic E-state index is 11.7. The van der Waals surface area contributed by atoms with Gasteiger partial charge in [0.25, 0.3) is 0 Å². The van der Waals surface area contributed by atoms with Crippen molar-refractivity contribution >= 4 is 5.78 Å². The molecule has 2 aromatic rings. The molecular formula is C17H18O3. The molecule has 0 aliphatic heterocycles. The number of para-hydroxylation sites is 2. The number of carbonyl (C=O) groups is 1. The van der Waals surface area contributed by atoms with Gasteiger partial charge in [0.15, 0.2) is 17.3 Å². The van der Waals surface area contributed by atoms with Crippen molar-refractivity contribution in [2.24, 2.45) is 0 Å². The summed E-state index contributed by atoms with van der Waals surface area (Å²) in [7, 11) is 0. The minimum absolute atomic E-state index is 0.105. The van der Waals surface area contributed by atoms with Crippen molar-refractivity contribution in [3.05, 3.63) is 54.1 Å². The van der Waals surface area contributed by atoms with E-state index in [1.54, 1.807) is 12.1 Å². The van der Waals surface area contributed by atoms with Crippen LogP contribution >= 0.6 is 0 Å². The summed E-state index contributed by atoms with van der Waals surface area (Å²) in [6.07, 6.45) is 0.485. The van der Waals surface area contributed by atoms with Gasteiger partial charge in [-0.15, -0.1) is 0 Å². The highest BCUT2D eigenvalue weighted by Crippen LogP contribution is 2.31. The highest BCUT2D eigenvalue weighted by molar-refractivity contribution is 5.96. The number of ketones is 1. The number of Topliss-reactive ketones (excluding diaryl/α,β-unsaturated/α-hetero) is 1. The van der Waals surface area contributed by atoms with Gasteiger partial charge in [0.1, 0.15) is 5.75 Å². The largest absolute Gasteiger partial charge is 0.490 e. The van der Waals surface area contributed by atoms with E-state index in [2.05, 4.69) is 0 Å². The van der Waals surface area contributed by atoms with Crippen LogP contribution in [0.25, 0.3) is 0 Å². The second-order valence-electron chi connectivity index (χ2n) is 4.29. The van der Waals surface area contributed by atoms with E-state index in [0.29, 0.717) is 35.8 Å². The maximum atomic E-state index is 11.7. The lowest BCUT2D eigenvalue weighted by molar-refractivity contribution is 0.0988. The van der Waals surface area contributed by atoms with E-state index in [1.807, 2.05) is 50.2 Å². The molecule has 0 fully saturated rings. The highest BCUT2D eigenvalue weighted by atomic mass is 16.5. The molecule has 0 saturated heterocycles. The number of hydrogen-bond acceptors (Lipinski definition) is 3. The predicted octanol–water partition coefficient (Wildman–Crippen LogP) is 4.47. The third-order valence-electron chi connectivity index (χ3n) is 2.85. The van der Waals surface area contributed by atoms with Crippen LogP contribution in [-0.2, 0) is 0 Å². The summed E-state index contributed by atoms with van der Waals surface area (Å²) in [6.45, 7) is 4.35. The quantitative estimate of drug-likeness (QED) is 0.726. The van der Waals surface area contributed by atoms with Gasteiger partial charge in [-0.2, -0.15) is 0 Å². The van der Waals surface area contributed by atoms with Crippen LogP contribution < -0.4 is 9.47 Å². The molecule has 2 aromatic carbocycles. The molecule has 0 amide bonds. The molecule has 0 spiro atoms. The van der Waals surface area contributed by atoms with Gasteiger partial charge in [-0.1, -0.05) is 31.2 Å². The molecule has 0 heterocycles.